The van der Waals surface area contributed by atoms with E-state index in [4.69, 9.17) is 5.26 Å². The molecule has 1 aliphatic rings. The van der Waals surface area contributed by atoms with Crippen LogP contribution in [0.4, 0.5) is 10.5 Å². The van der Waals surface area contributed by atoms with Gasteiger partial charge in [0.2, 0.25) is 0 Å². The molecule has 0 radical (unpaired) electrons. The Labute approximate surface area is 145 Å². The largest absolute Gasteiger partial charge is 0.336 e. The monoisotopic (exact) mass is 328 g/mol. The number of nitrogens with zero attached hydrogens (tertiary/aromatic N) is 2. The van der Waals surface area contributed by atoms with Crippen LogP contribution in [0.3, 0.4) is 0 Å². The number of hydrogen-bond donors (Lipinski definition) is 2. The van der Waals surface area contributed by atoms with Crippen molar-refractivity contribution in [3.63, 3.8) is 0 Å². The van der Waals surface area contributed by atoms with E-state index in [1.165, 1.54) is 12.8 Å². The van der Waals surface area contributed by atoms with E-state index in [2.05, 4.69) is 42.4 Å². The van der Waals surface area contributed by atoms with E-state index >= 15 is 0 Å². The van der Waals surface area contributed by atoms with Crippen LogP contribution in [0.5, 0.6) is 0 Å². The van der Waals surface area contributed by atoms with Crippen LogP contribution in [0, 0.1) is 23.2 Å². The number of nitriles is 1. The zero-order chi connectivity index (χ0) is 17.5. The van der Waals surface area contributed by atoms with Crippen molar-refractivity contribution in [2.75, 3.05) is 25.0 Å². The second kappa shape index (κ2) is 8.70. The van der Waals surface area contributed by atoms with Crippen LogP contribution in [0.15, 0.2) is 24.3 Å². The van der Waals surface area contributed by atoms with Crippen molar-refractivity contribution >= 4 is 11.7 Å². The minimum absolute atomic E-state index is 0.256. The number of amides is 2. The van der Waals surface area contributed by atoms with Crippen molar-refractivity contribution in [2.24, 2.45) is 11.8 Å². The van der Waals surface area contributed by atoms with Crippen LogP contribution in [0.2, 0.25) is 0 Å². The summed E-state index contributed by atoms with van der Waals surface area (Å²) in [6, 6.07) is 9.20. The van der Waals surface area contributed by atoms with Crippen LogP contribution < -0.4 is 10.6 Å². The normalized spacial score (nSPS) is 17.3. The van der Waals surface area contributed by atoms with E-state index in [9.17, 15) is 4.79 Å². The zero-order valence-corrected chi connectivity index (χ0v) is 14.9. The predicted octanol–water partition coefficient (Wildman–Crippen LogP) is 3.44. The molecule has 5 nitrogen and oxygen atoms in total. The fourth-order valence-corrected chi connectivity index (χ4v) is 3.20. The number of para-hydroxylation sites is 1. The van der Waals surface area contributed by atoms with Gasteiger partial charge in [0, 0.05) is 12.6 Å². The summed E-state index contributed by atoms with van der Waals surface area (Å²) in [5.74, 6) is 1.28. The standard InChI is InChI=1S/C19H28N4O/c1-14(2)18(23-10-8-15(3)9-11-23)13-21-19(24)22-17-7-5-4-6-16(17)12-20/h4-7,14-15,18H,8-11,13H2,1-3H3,(H2,21,22,24). The molecule has 1 aromatic carbocycles. The Bertz CT molecular complexity index is 585. The highest BCUT2D eigenvalue weighted by Crippen LogP contribution is 2.21. The van der Waals surface area contributed by atoms with Gasteiger partial charge in [-0.2, -0.15) is 5.26 Å². The SMILES string of the molecule is CC1CCN(C(CNC(=O)Nc2ccccc2C#N)C(C)C)CC1. The Hall–Kier alpha value is -2.06. The summed E-state index contributed by atoms with van der Waals surface area (Å²) in [7, 11) is 0. The van der Waals surface area contributed by atoms with Crippen molar-refractivity contribution in [2.45, 2.75) is 39.7 Å². The van der Waals surface area contributed by atoms with Gasteiger partial charge in [-0.05, 0) is 49.9 Å². The molecule has 0 bridgehead atoms. The molecule has 0 saturated carbocycles. The summed E-state index contributed by atoms with van der Waals surface area (Å²) in [5, 5.41) is 14.8. The molecule has 130 valence electrons. The number of likely N-dealkylation sites (tertiary alicyclic amines) is 1. The second-order valence-corrected chi connectivity index (χ2v) is 7.02. The Balaban J connectivity index is 1.89. The Morgan fingerprint density at radius 2 is 2.00 bits per heavy atom. The summed E-state index contributed by atoms with van der Waals surface area (Å²) in [4.78, 5) is 14.7. The molecule has 1 aliphatic heterocycles. The summed E-state index contributed by atoms with van der Waals surface area (Å²) in [6.07, 6.45) is 2.45. The maximum absolute atomic E-state index is 12.2. The first-order valence-corrected chi connectivity index (χ1v) is 8.79. The summed E-state index contributed by atoms with van der Waals surface area (Å²) in [6.45, 7) is 9.53. The highest BCUT2D eigenvalue weighted by atomic mass is 16.2. The second-order valence-electron chi connectivity index (χ2n) is 7.02. The molecule has 1 atom stereocenters. The van der Waals surface area contributed by atoms with Crippen molar-refractivity contribution in [3.8, 4) is 6.07 Å². The van der Waals surface area contributed by atoms with Gasteiger partial charge in [-0.15, -0.1) is 0 Å². The van der Waals surface area contributed by atoms with Gasteiger partial charge in [-0.3, -0.25) is 4.90 Å². The average Bonchev–Trinajstić information content (AvgIpc) is 2.57. The third-order valence-corrected chi connectivity index (χ3v) is 4.82. The molecule has 0 spiro atoms. The summed E-state index contributed by atoms with van der Waals surface area (Å²) in [5.41, 5.74) is 1.02. The molecular formula is C19H28N4O. The maximum Gasteiger partial charge on any atom is 0.319 e. The number of anilines is 1. The smallest absolute Gasteiger partial charge is 0.319 e. The molecule has 2 amide bonds. The van der Waals surface area contributed by atoms with Crippen LogP contribution in [-0.2, 0) is 0 Å². The van der Waals surface area contributed by atoms with Crippen LogP contribution in [-0.4, -0.2) is 36.6 Å². The highest BCUT2D eigenvalue weighted by Gasteiger charge is 2.25. The first kappa shape index (κ1) is 18.3. The highest BCUT2D eigenvalue weighted by molar-refractivity contribution is 5.90. The molecular weight excluding hydrogens is 300 g/mol. The van der Waals surface area contributed by atoms with Crippen LogP contribution >= 0.6 is 0 Å². The third kappa shape index (κ3) is 4.97. The minimum atomic E-state index is -0.256. The molecule has 1 unspecified atom stereocenters. The Morgan fingerprint density at radius 1 is 1.33 bits per heavy atom. The van der Waals surface area contributed by atoms with E-state index in [0.717, 1.165) is 19.0 Å². The lowest BCUT2D eigenvalue weighted by atomic mass is 9.94. The molecule has 1 heterocycles. The fraction of sp³-hybridized carbons (Fsp3) is 0.579. The van der Waals surface area contributed by atoms with Crippen molar-refractivity contribution in [1.29, 1.82) is 5.26 Å². The quantitative estimate of drug-likeness (QED) is 0.870. The van der Waals surface area contributed by atoms with E-state index in [1.807, 2.05) is 6.07 Å². The molecule has 1 saturated heterocycles. The minimum Gasteiger partial charge on any atom is -0.336 e. The lowest BCUT2D eigenvalue weighted by Crippen LogP contribution is -2.50. The topological polar surface area (TPSA) is 68.2 Å². The van der Waals surface area contributed by atoms with Gasteiger partial charge >= 0.3 is 6.03 Å². The molecule has 2 N–H and O–H groups in total. The lowest BCUT2D eigenvalue weighted by molar-refractivity contribution is 0.108. The van der Waals surface area contributed by atoms with Gasteiger partial charge in [0.05, 0.1) is 11.3 Å². The van der Waals surface area contributed by atoms with Gasteiger partial charge in [-0.1, -0.05) is 32.9 Å². The van der Waals surface area contributed by atoms with Crippen LogP contribution in [0.1, 0.15) is 39.2 Å². The molecule has 2 rings (SSSR count). The number of nitrogens with one attached hydrogen (secondary N) is 2. The third-order valence-electron chi connectivity index (χ3n) is 4.82. The van der Waals surface area contributed by atoms with Gasteiger partial charge < -0.3 is 10.6 Å². The molecule has 1 aromatic rings. The van der Waals surface area contributed by atoms with Gasteiger partial charge in [-0.25, -0.2) is 4.79 Å². The van der Waals surface area contributed by atoms with E-state index < -0.39 is 0 Å². The first-order chi connectivity index (χ1) is 11.5. The molecule has 0 aliphatic carbocycles. The van der Waals surface area contributed by atoms with Crippen LogP contribution in [0.25, 0.3) is 0 Å². The van der Waals surface area contributed by atoms with Gasteiger partial charge in [0.25, 0.3) is 0 Å². The van der Waals surface area contributed by atoms with Gasteiger partial charge in [0.15, 0.2) is 0 Å². The lowest BCUT2D eigenvalue weighted by Gasteiger charge is -2.38. The van der Waals surface area contributed by atoms with Crippen molar-refractivity contribution in [3.05, 3.63) is 29.8 Å². The number of benzene rings is 1. The molecule has 24 heavy (non-hydrogen) atoms. The first-order valence-electron chi connectivity index (χ1n) is 8.79. The number of carbonyl (C=O) groups is 1. The number of urea groups is 1. The number of carbonyl (C=O) groups excluding carboxylic acids is 1. The van der Waals surface area contributed by atoms with Crippen molar-refractivity contribution in [1.82, 2.24) is 10.2 Å². The zero-order valence-electron chi connectivity index (χ0n) is 14.9. The average molecular weight is 328 g/mol. The molecule has 0 aromatic heterocycles. The maximum atomic E-state index is 12.2. The molecule has 1 fully saturated rings. The van der Waals surface area contributed by atoms with E-state index in [-0.39, 0.29) is 6.03 Å². The fourth-order valence-electron chi connectivity index (χ4n) is 3.20. The summed E-state index contributed by atoms with van der Waals surface area (Å²) >= 11 is 0. The van der Waals surface area contributed by atoms with Gasteiger partial charge in [0.1, 0.15) is 6.07 Å². The Morgan fingerprint density at radius 3 is 2.62 bits per heavy atom. The van der Waals surface area contributed by atoms with Crippen molar-refractivity contribution < 1.29 is 4.79 Å². The molecule has 5 heteroatoms. The summed E-state index contributed by atoms with van der Waals surface area (Å²) < 4.78 is 0. The number of rotatable bonds is 5. The Kier molecular flexibility index (Phi) is 6.62. The number of hydrogen-bond acceptors (Lipinski definition) is 3. The van der Waals surface area contributed by atoms with E-state index in [1.54, 1.807) is 18.2 Å². The predicted molar refractivity (Wildman–Crippen MR) is 96.8 cm³/mol. The van der Waals surface area contributed by atoms with E-state index in [0.29, 0.717) is 29.8 Å². The number of piperidine rings is 1.